The molecule has 0 bridgehead atoms. The smallest absolute Gasteiger partial charge is 0.0351 e. The molecule has 2 atom stereocenters. The summed E-state index contributed by atoms with van der Waals surface area (Å²) in [6.07, 6.45) is 1.20. The Morgan fingerprint density at radius 1 is 1.39 bits per heavy atom. The molecule has 1 aliphatic rings. The van der Waals surface area contributed by atoms with E-state index < -0.39 is 0 Å². The van der Waals surface area contributed by atoms with E-state index in [0.29, 0.717) is 17.9 Å². The molecule has 1 aromatic carbocycles. The molecule has 0 saturated carbocycles. The van der Waals surface area contributed by atoms with Crippen molar-refractivity contribution in [2.75, 3.05) is 20.1 Å². The van der Waals surface area contributed by atoms with E-state index in [-0.39, 0.29) is 0 Å². The van der Waals surface area contributed by atoms with Crippen LogP contribution in [0.2, 0.25) is 0 Å². The Labute approximate surface area is 111 Å². The van der Waals surface area contributed by atoms with Gasteiger partial charge in [0.15, 0.2) is 0 Å². The van der Waals surface area contributed by atoms with E-state index in [1.807, 2.05) is 0 Å². The van der Waals surface area contributed by atoms with Gasteiger partial charge in [-0.2, -0.15) is 0 Å². The zero-order chi connectivity index (χ0) is 13.3. The maximum atomic E-state index is 5.83. The fourth-order valence-electron chi connectivity index (χ4n) is 3.02. The second kappa shape index (κ2) is 5.41. The van der Waals surface area contributed by atoms with E-state index in [2.05, 4.69) is 50.9 Å². The summed E-state index contributed by atoms with van der Waals surface area (Å²) in [5.74, 6) is 1.25. The molecule has 1 aliphatic heterocycles. The number of likely N-dealkylation sites (tertiary alicyclic amines) is 1. The van der Waals surface area contributed by atoms with Gasteiger partial charge in [0.1, 0.15) is 0 Å². The van der Waals surface area contributed by atoms with Gasteiger partial charge < -0.3 is 5.73 Å². The molecule has 0 spiro atoms. The second-order valence-electron chi connectivity index (χ2n) is 6.06. The van der Waals surface area contributed by atoms with Gasteiger partial charge in [-0.25, -0.2) is 0 Å². The topological polar surface area (TPSA) is 29.3 Å². The highest BCUT2D eigenvalue weighted by Crippen LogP contribution is 2.36. The van der Waals surface area contributed by atoms with Crippen LogP contribution in [-0.2, 0) is 0 Å². The van der Waals surface area contributed by atoms with Gasteiger partial charge in [-0.1, -0.05) is 32.0 Å². The van der Waals surface area contributed by atoms with Crippen LogP contribution in [0.1, 0.15) is 48.9 Å². The summed E-state index contributed by atoms with van der Waals surface area (Å²) in [4.78, 5) is 2.46. The Hall–Kier alpha value is -0.860. The Morgan fingerprint density at radius 3 is 2.67 bits per heavy atom. The molecule has 0 aliphatic carbocycles. The van der Waals surface area contributed by atoms with Gasteiger partial charge in [-0.3, -0.25) is 4.90 Å². The highest BCUT2D eigenvalue weighted by Gasteiger charge is 2.30. The number of aryl methyl sites for hydroxylation is 1. The van der Waals surface area contributed by atoms with Gasteiger partial charge in [-0.05, 0) is 55.5 Å². The molecule has 2 N–H and O–H groups in total. The van der Waals surface area contributed by atoms with Crippen LogP contribution in [0.4, 0.5) is 0 Å². The zero-order valence-electron chi connectivity index (χ0n) is 12.1. The van der Waals surface area contributed by atoms with E-state index in [1.54, 1.807) is 0 Å². The molecule has 2 unspecified atom stereocenters. The monoisotopic (exact) mass is 246 g/mol. The molecular formula is C16H26N2. The van der Waals surface area contributed by atoms with Crippen LogP contribution in [0.25, 0.3) is 0 Å². The van der Waals surface area contributed by atoms with Crippen molar-refractivity contribution in [3.05, 3.63) is 34.9 Å². The molecule has 2 rings (SSSR count). The van der Waals surface area contributed by atoms with E-state index in [9.17, 15) is 0 Å². The first-order valence-corrected chi connectivity index (χ1v) is 7.03. The van der Waals surface area contributed by atoms with Crippen LogP contribution in [0.3, 0.4) is 0 Å². The fourth-order valence-corrected chi connectivity index (χ4v) is 3.02. The molecule has 1 aromatic rings. The fraction of sp³-hybridized carbons (Fsp3) is 0.625. The van der Waals surface area contributed by atoms with Gasteiger partial charge in [0.2, 0.25) is 0 Å². The first-order valence-electron chi connectivity index (χ1n) is 7.03. The predicted octanol–water partition coefficient (Wildman–Crippen LogP) is 3.07. The summed E-state index contributed by atoms with van der Waals surface area (Å²) in [6, 6.07) is 7.49. The third kappa shape index (κ3) is 2.60. The van der Waals surface area contributed by atoms with Gasteiger partial charge in [0, 0.05) is 12.6 Å². The SMILES string of the molecule is Cc1ccc(C(C)C)cc1C1CC(CN)CN1C. The zero-order valence-corrected chi connectivity index (χ0v) is 12.1. The number of benzene rings is 1. The Morgan fingerprint density at radius 2 is 2.11 bits per heavy atom. The van der Waals surface area contributed by atoms with Crippen LogP contribution in [-0.4, -0.2) is 25.0 Å². The van der Waals surface area contributed by atoms with Crippen LogP contribution >= 0.6 is 0 Å². The lowest BCUT2D eigenvalue weighted by molar-refractivity contribution is 0.312. The minimum absolute atomic E-state index is 0.553. The average Bonchev–Trinajstić information content (AvgIpc) is 2.71. The Bertz CT molecular complexity index is 412. The van der Waals surface area contributed by atoms with Crippen LogP contribution in [0, 0.1) is 12.8 Å². The number of rotatable bonds is 3. The van der Waals surface area contributed by atoms with Gasteiger partial charge in [0.05, 0.1) is 0 Å². The summed E-state index contributed by atoms with van der Waals surface area (Å²) < 4.78 is 0. The predicted molar refractivity (Wildman–Crippen MR) is 77.8 cm³/mol. The summed E-state index contributed by atoms with van der Waals surface area (Å²) in [7, 11) is 2.22. The maximum Gasteiger partial charge on any atom is 0.0351 e. The van der Waals surface area contributed by atoms with Crippen molar-refractivity contribution in [2.45, 2.75) is 39.2 Å². The molecule has 0 amide bonds. The van der Waals surface area contributed by atoms with Crippen molar-refractivity contribution in [3.8, 4) is 0 Å². The first-order chi connectivity index (χ1) is 8.52. The third-order valence-electron chi connectivity index (χ3n) is 4.30. The van der Waals surface area contributed by atoms with E-state index in [1.165, 1.54) is 23.1 Å². The molecule has 0 aromatic heterocycles. The number of nitrogens with zero attached hydrogens (tertiary/aromatic N) is 1. The Balaban J connectivity index is 2.30. The van der Waals surface area contributed by atoms with Crippen molar-refractivity contribution in [2.24, 2.45) is 11.7 Å². The maximum absolute atomic E-state index is 5.83. The molecule has 2 nitrogen and oxygen atoms in total. The largest absolute Gasteiger partial charge is 0.330 e. The lowest BCUT2D eigenvalue weighted by atomic mass is 9.92. The van der Waals surface area contributed by atoms with Crippen molar-refractivity contribution in [1.82, 2.24) is 4.90 Å². The van der Waals surface area contributed by atoms with Crippen molar-refractivity contribution in [1.29, 1.82) is 0 Å². The lowest BCUT2D eigenvalue weighted by Crippen LogP contribution is -2.21. The Kier molecular flexibility index (Phi) is 4.08. The normalized spacial score (nSPS) is 25.0. The van der Waals surface area contributed by atoms with Crippen LogP contribution in [0.5, 0.6) is 0 Å². The third-order valence-corrected chi connectivity index (χ3v) is 4.30. The highest BCUT2D eigenvalue weighted by molar-refractivity contribution is 5.35. The number of hydrogen-bond donors (Lipinski definition) is 1. The molecule has 1 saturated heterocycles. The molecule has 100 valence electrons. The molecule has 0 radical (unpaired) electrons. The molecule has 18 heavy (non-hydrogen) atoms. The summed E-state index contributed by atoms with van der Waals surface area (Å²) in [5.41, 5.74) is 10.2. The molecular weight excluding hydrogens is 220 g/mol. The highest BCUT2D eigenvalue weighted by atomic mass is 15.2. The van der Waals surface area contributed by atoms with Gasteiger partial charge >= 0.3 is 0 Å². The molecule has 1 heterocycles. The standard InChI is InChI=1S/C16H26N2/c1-11(2)14-6-5-12(3)15(8-14)16-7-13(9-17)10-18(16)4/h5-6,8,11,13,16H,7,9-10,17H2,1-4H3. The minimum Gasteiger partial charge on any atom is -0.330 e. The van der Waals surface area contributed by atoms with Crippen molar-refractivity contribution in [3.63, 3.8) is 0 Å². The minimum atomic E-state index is 0.553. The molecule has 2 heteroatoms. The van der Waals surface area contributed by atoms with Crippen LogP contribution < -0.4 is 5.73 Å². The van der Waals surface area contributed by atoms with E-state index in [0.717, 1.165) is 13.1 Å². The summed E-state index contributed by atoms with van der Waals surface area (Å²) in [5, 5.41) is 0. The van der Waals surface area contributed by atoms with Crippen LogP contribution in [0.15, 0.2) is 18.2 Å². The lowest BCUT2D eigenvalue weighted by Gasteiger charge is -2.23. The second-order valence-corrected chi connectivity index (χ2v) is 6.06. The average molecular weight is 246 g/mol. The summed E-state index contributed by atoms with van der Waals surface area (Å²) >= 11 is 0. The van der Waals surface area contributed by atoms with E-state index in [4.69, 9.17) is 5.73 Å². The van der Waals surface area contributed by atoms with E-state index >= 15 is 0 Å². The molecule has 1 fully saturated rings. The van der Waals surface area contributed by atoms with Gasteiger partial charge in [-0.15, -0.1) is 0 Å². The van der Waals surface area contributed by atoms with Crippen molar-refractivity contribution < 1.29 is 0 Å². The first kappa shape index (κ1) is 13.6. The van der Waals surface area contributed by atoms with Gasteiger partial charge in [0.25, 0.3) is 0 Å². The summed E-state index contributed by atoms with van der Waals surface area (Å²) in [6.45, 7) is 8.68. The quantitative estimate of drug-likeness (QED) is 0.888. The number of hydrogen-bond acceptors (Lipinski definition) is 2. The van der Waals surface area contributed by atoms with Crippen molar-refractivity contribution >= 4 is 0 Å². The number of nitrogens with two attached hydrogens (primary N) is 1.